The third-order valence-electron chi connectivity index (χ3n) is 2.67. The van der Waals surface area contributed by atoms with Crippen LogP contribution in [0.25, 0.3) is 5.69 Å². The molecule has 2 N–H and O–H groups in total. The van der Waals surface area contributed by atoms with E-state index in [-0.39, 0.29) is 11.8 Å². The van der Waals surface area contributed by atoms with Crippen molar-refractivity contribution < 1.29 is 4.74 Å². The first-order valence-corrected chi connectivity index (χ1v) is 6.19. The van der Waals surface area contributed by atoms with E-state index in [1.165, 1.54) is 4.57 Å². The third kappa shape index (κ3) is 2.53. The summed E-state index contributed by atoms with van der Waals surface area (Å²) in [5, 5.41) is 5.05. The van der Waals surface area contributed by atoms with Crippen LogP contribution in [-0.2, 0) is 0 Å². The van der Waals surface area contributed by atoms with Gasteiger partial charge in [-0.15, -0.1) is 0 Å². The zero-order chi connectivity index (χ0) is 13.1. The molecule has 0 spiro atoms. The quantitative estimate of drug-likeness (QED) is 0.834. The van der Waals surface area contributed by atoms with Crippen molar-refractivity contribution in [1.82, 2.24) is 14.8 Å². The smallest absolute Gasteiger partial charge is 0.347 e. The van der Waals surface area contributed by atoms with Crippen molar-refractivity contribution in [3.63, 3.8) is 0 Å². The maximum atomic E-state index is 11.6. The molecule has 2 rings (SSSR count). The highest BCUT2D eigenvalue weighted by Gasteiger charge is 2.06. The van der Waals surface area contributed by atoms with Gasteiger partial charge in [0, 0.05) is 6.07 Å². The molecule has 0 aliphatic rings. The second-order valence-corrected chi connectivity index (χ2v) is 4.42. The van der Waals surface area contributed by atoms with Gasteiger partial charge in [0.1, 0.15) is 5.75 Å². The standard InChI is InChI=1S/C12H15N3O2S/c1-3-8(2)17-10-6-4-5-9(7-10)15-11(16)13-14-12(15)18/h4-8H,3H2,1-2H3,(H,13,16)(H,14,18). The molecule has 2 aromatic rings. The van der Waals surface area contributed by atoms with Crippen molar-refractivity contribution in [3.8, 4) is 11.4 Å². The number of nitrogens with zero attached hydrogens (tertiary/aromatic N) is 1. The predicted octanol–water partition coefficient (Wildman–Crippen LogP) is 2.40. The van der Waals surface area contributed by atoms with E-state index in [4.69, 9.17) is 17.0 Å². The summed E-state index contributed by atoms with van der Waals surface area (Å²) in [5.74, 6) is 0.726. The number of aromatic amines is 2. The summed E-state index contributed by atoms with van der Waals surface area (Å²) in [5.41, 5.74) is 0.393. The lowest BCUT2D eigenvalue weighted by molar-refractivity contribution is 0.217. The van der Waals surface area contributed by atoms with Gasteiger partial charge in [-0.05, 0) is 37.7 Å². The summed E-state index contributed by atoms with van der Waals surface area (Å²) in [7, 11) is 0. The molecule has 0 radical (unpaired) electrons. The van der Waals surface area contributed by atoms with Crippen LogP contribution in [0.15, 0.2) is 29.1 Å². The van der Waals surface area contributed by atoms with E-state index in [0.29, 0.717) is 10.5 Å². The van der Waals surface area contributed by atoms with E-state index in [1.54, 1.807) is 6.07 Å². The minimum atomic E-state index is -0.291. The Morgan fingerprint density at radius 2 is 2.22 bits per heavy atom. The number of hydrogen-bond donors (Lipinski definition) is 2. The first-order chi connectivity index (χ1) is 8.61. The average Bonchev–Trinajstić information content (AvgIpc) is 2.69. The SMILES string of the molecule is CCC(C)Oc1cccc(-n2c(=O)[nH][nH]c2=S)c1. The van der Waals surface area contributed by atoms with Crippen molar-refractivity contribution in [2.75, 3.05) is 0 Å². The van der Waals surface area contributed by atoms with Crippen LogP contribution in [0.4, 0.5) is 0 Å². The van der Waals surface area contributed by atoms with Crippen LogP contribution < -0.4 is 10.4 Å². The third-order valence-corrected chi connectivity index (χ3v) is 2.96. The van der Waals surface area contributed by atoms with Gasteiger partial charge in [0.25, 0.3) is 0 Å². The Kier molecular flexibility index (Phi) is 3.66. The normalized spacial score (nSPS) is 12.3. The van der Waals surface area contributed by atoms with Gasteiger partial charge >= 0.3 is 5.69 Å². The molecule has 6 heteroatoms. The number of hydrogen-bond acceptors (Lipinski definition) is 3. The molecule has 0 aliphatic heterocycles. The van der Waals surface area contributed by atoms with Crippen molar-refractivity contribution >= 4 is 12.2 Å². The second-order valence-electron chi connectivity index (χ2n) is 4.03. The summed E-state index contributed by atoms with van der Waals surface area (Å²) in [4.78, 5) is 11.6. The molecule has 0 fully saturated rings. The first-order valence-electron chi connectivity index (χ1n) is 5.78. The number of rotatable bonds is 4. The zero-order valence-electron chi connectivity index (χ0n) is 10.3. The molecular formula is C12H15N3O2S. The van der Waals surface area contributed by atoms with Crippen LogP contribution in [-0.4, -0.2) is 20.9 Å². The van der Waals surface area contributed by atoms with Crippen molar-refractivity contribution in [3.05, 3.63) is 39.5 Å². The van der Waals surface area contributed by atoms with E-state index in [2.05, 4.69) is 17.1 Å². The molecule has 96 valence electrons. The number of H-pyrrole nitrogens is 2. The highest BCUT2D eigenvalue weighted by atomic mass is 32.1. The molecule has 1 aromatic heterocycles. The number of aromatic nitrogens is 3. The summed E-state index contributed by atoms with van der Waals surface area (Å²) < 4.78 is 7.43. The minimum absolute atomic E-state index is 0.137. The molecule has 0 aliphatic carbocycles. The Bertz CT molecular complexity index is 614. The van der Waals surface area contributed by atoms with E-state index in [9.17, 15) is 4.79 Å². The van der Waals surface area contributed by atoms with E-state index in [0.717, 1.165) is 12.2 Å². The van der Waals surface area contributed by atoms with Gasteiger partial charge in [0.05, 0.1) is 11.8 Å². The topological polar surface area (TPSA) is 62.8 Å². The monoisotopic (exact) mass is 265 g/mol. The Labute approximate surface area is 109 Å². The number of benzene rings is 1. The molecule has 0 bridgehead atoms. The summed E-state index contributed by atoms with van der Waals surface area (Å²) >= 11 is 5.04. The molecule has 0 amide bonds. The predicted molar refractivity (Wildman–Crippen MR) is 72.0 cm³/mol. The van der Waals surface area contributed by atoms with Gasteiger partial charge in [0.2, 0.25) is 4.77 Å². The Balaban J connectivity index is 2.39. The molecule has 1 unspecified atom stereocenters. The van der Waals surface area contributed by atoms with Crippen molar-refractivity contribution in [2.45, 2.75) is 26.4 Å². The Hall–Kier alpha value is -1.82. The van der Waals surface area contributed by atoms with Crippen LogP contribution in [0.5, 0.6) is 5.75 Å². The minimum Gasteiger partial charge on any atom is -0.491 e. The lowest BCUT2D eigenvalue weighted by Gasteiger charge is -2.13. The van der Waals surface area contributed by atoms with Gasteiger partial charge in [-0.3, -0.25) is 5.10 Å². The van der Waals surface area contributed by atoms with Crippen LogP contribution in [0.1, 0.15) is 20.3 Å². The first kappa shape index (κ1) is 12.6. The number of nitrogens with one attached hydrogen (secondary N) is 2. The van der Waals surface area contributed by atoms with Crippen molar-refractivity contribution in [1.29, 1.82) is 0 Å². The lowest BCUT2D eigenvalue weighted by Crippen LogP contribution is -2.15. The zero-order valence-corrected chi connectivity index (χ0v) is 11.1. The summed E-state index contributed by atoms with van der Waals surface area (Å²) in [6, 6.07) is 7.30. The highest BCUT2D eigenvalue weighted by Crippen LogP contribution is 2.17. The Morgan fingerprint density at radius 1 is 1.44 bits per heavy atom. The summed E-state index contributed by atoms with van der Waals surface area (Å²) in [6.07, 6.45) is 1.06. The van der Waals surface area contributed by atoms with E-state index in [1.807, 2.05) is 25.1 Å². The molecule has 0 saturated carbocycles. The molecule has 1 heterocycles. The Morgan fingerprint density at radius 3 is 2.83 bits per heavy atom. The van der Waals surface area contributed by atoms with Crippen LogP contribution in [0.3, 0.4) is 0 Å². The van der Waals surface area contributed by atoms with E-state index >= 15 is 0 Å². The van der Waals surface area contributed by atoms with Gasteiger partial charge in [-0.1, -0.05) is 13.0 Å². The molecule has 0 saturated heterocycles. The van der Waals surface area contributed by atoms with Crippen molar-refractivity contribution in [2.24, 2.45) is 0 Å². The van der Waals surface area contributed by atoms with Gasteiger partial charge in [0.15, 0.2) is 0 Å². The molecule has 1 aromatic carbocycles. The lowest BCUT2D eigenvalue weighted by atomic mass is 10.3. The largest absolute Gasteiger partial charge is 0.491 e. The van der Waals surface area contributed by atoms with Crippen LogP contribution >= 0.6 is 12.2 Å². The fraction of sp³-hybridized carbons (Fsp3) is 0.333. The van der Waals surface area contributed by atoms with Gasteiger partial charge < -0.3 is 4.74 Å². The maximum Gasteiger partial charge on any atom is 0.347 e. The molecule has 5 nitrogen and oxygen atoms in total. The van der Waals surface area contributed by atoms with Gasteiger partial charge in [-0.2, -0.15) is 0 Å². The maximum absolute atomic E-state index is 11.6. The van der Waals surface area contributed by atoms with Crippen LogP contribution in [0, 0.1) is 4.77 Å². The fourth-order valence-corrected chi connectivity index (χ4v) is 1.80. The highest BCUT2D eigenvalue weighted by molar-refractivity contribution is 7.71. The molecule has 18 heavy (non-hydrogen) atoms. The fourth-order valence-electron chi connectivity index (χ4n) is 1.56. The molecule has 1 atom stereocenters. The average molecular weight is 265 g/mol. The van der Waals surface area contributed by atoms with Crippen LogP contribution in [0.2, 0.25) is 0 Å². The summed E-state index contributed by atoms with van der Waals surface area (Å²) in [6.45, 7) is 4.06. The van der Waals surface area contributed by atoms with Gasteiger partial charge in [-0.25, -0.2) is 14.5 Å². The number of ether oxygens (including phenoxy) is 1. The second kappa shape index (κ2) is 5.22. The van der Waals surface area contributed by atoms with E-state index < -0.39 is 0 Å². The molecular weight excluding hydrogens is 250 g/mol.